The Morgan fingerprint density at radius 1 is 1.13 bits per heavy atom. The van der Waals surface area contributed by atoms with Crippen LogP contribution < -0.4 is 10.2 Å². The molecule has 1 aliphatic heterocycles. The van der Waals surface area contributed by atoms with Crippen LogP contribution >= 0.6 is 0 Å². The van der Waals surface area contributed by atoms with Gasteiger partial charge in [-0.2, -0.15) is 4.98 Å². The van der Waals surface area contributed by atoms with Crippen LogP contribution in [0.1, 0.15) is 17.9 Å². The van der Waals surface area contributed by atoms with Crippen LogP contribution in [0.15, 0.2) is 40.9 Å². The molecule has 1 aliphatic rings. The smallest absolute Gasteiger partial charge is 0.227 e. The molecular weight excluding hydrogens is 406 g/mol. The van der Waals surface area contributed by atoms with E-state index in [-0.39, 0.29) is 36.3 Å². The number of carbonyl (C=O) groups excluding carboxylic acids is 1. The number of morpholine rings is 1. The molecule has 1 amide bonds. The molecule has 2 heterocycles. The number of benzene rings is 2. The highest BCUT2D eigenvalue weighted by molar-refractivity contribution is 5.91. The van der Waals surface area contributed by atoms with Gasteiger partial charge in [0.1, 0.15) is 11.6 Å². The van der Waals surface area contributed by atoms with Crippen LogP contribution in [0.5, 0.6) is 0 Å². The van der Waals surface area contributed by atoms with Crippen molar-refractivity contribution < 1.29 is 22.8 Å². The molecule has 1 N–H and O–H groups in total. The van der Waals surface area contributed by atoms with E-state index in [1.807, 2.05) is 4.90 Å². The van der Waals surface area contributed by atoms with E-state index in [0.29, 0.717) is 48.8 Å². The topological polar surface area (TPSA) is 80.5 Å². The molecule has 0 atom stereocenters. The van der Waals surface area contributed by atoms with Crippen LogP contribution in [0.25, 0.3) is 11.4 Å². The molecule has 1 fully saturated rings. The van der Waals surface area contributed by atoms with Gasteiger partial charge >= 0.3 is 0 Å². The summed E-state index contributed by atoms with van der Waals surface area (Å²) in [5.74, 6) is -0.531. The number of nitrogens with zero attached hydrogens (tertiary/aromatic N) is 3. The fraction of sp³-hybridized carbons (Fsp3) is 0.318. The molecule has 7 nitrogen and oxygen atoms in total. The minimum Gasteiger partial charge on any atom is -0.378 e. The van der Waals surface area contributed by atoms with Crippen LogP contribution in [0.4, 0.5) is 20.2 Å². The van der Waals surface area contributed by atoms with Gasteiger partial charge in [0, 0.05) is 37.2 Å². The highest BCUT2D eigenvalue weighted by Gasteiger charge is 2.16. The largest absolute Gasteiger partial charge is 0.378 e. The molecular formula is C22H22F2N4O3. The van der Waals surface area contributed by atoms with Crippen molar-refractivity contribution in [2.75, 3.05) is 36.5 Å². The summed E-state index contributed by atoms with van der Waals surface area (Å²) in [7, 11) is 0. The summed E-state index contributed by atoms with van der Waals surface area (Å²) < 4.78 is 38.6. The summed E-state index contributed by atoms with van der Waals surface area (Å²) in [5.41, 5.74) is 1.89. The highest BCUT2D eigenvalue weighted by Crippen LogP contribution is 2.24. The molecule has 9 heteroatoms. The number of aromatic nitrogens is 2. The maximum absolute atomic E-state index is 14.5. The van der Waals surface area contributed by atoms with Crippen molar-refractivity contribution in [1.29, 1.82) is 0 Å². The molecule has 0 aliphatic carbocycles. The number of aryl methyl sites for hydroxylation is 2. The summed E-state index contributed by atoms with van der Waals surface area (Å²) in [6.45, 7) is 4.05. The second-order valence-electron chi connectivity index (χ2n) is 7.29. The van der Waals surface area contributed by atoms with E-state index in [0.717, 1.165) is 0 Å². The second-order valence-corrected chi connectivity index (χ2v) is 7.29. The van der Waals surface area contributed by atoms with Crippen molar-refractivity contribution in [3.05, 3.63) is 59.5 Å². The van der Waals surface area contributed by atoms with Gasteiger partial charge in [0.2, 0.25) is 17.6 Å². The van der Waals surface area contributed by atoms with Gasteiger partial charge in [0.25, 0.3) is 0 Å². The molecule has 0 radical (unpaired) electrons. The van der Waals surface area contributed by atoms with Crippen LogP contribution in [0.3, 0.4) is 0 Å². The third kappa shape index (κ3) is 5.05. The first-order valence-corrected chi connectivity index (χ1v) is 10.0. The average Bonchev–Trinajstić information content (AvgIpc) is 3.24. The minimum absolute atomic E-state index is 0.0801. The van der Waals surface area contributed by atoms with Gasteiger partial charge in [0.05, 0.1) is 18.9 Å². The van der Waals surface area contributed by atoms with Gasteiger partial charge in [-0.05, 0) is 36.8 Å². The minimum atomic E-state index is -0.397. The number of amides is 1. The number of anilines is 2. The van der Waals surface area contributed by atoms with Crippen molar-refractivity contribution in [3.8, 4) is 11.4 Å². The molecule has 31 heavy (non-hydrogen) atoms. The number of hydrogen-bond acceptors (Lipinski definition) is 6. The molecule has 0 spiro atoms. The Morgan fingerprint density at radius 3 is 2.68 bits per heavy atom. The predicted molar refractivity (Wildman–Crippen MR) is 111 cm³/mol. The number of hydrogen-bond donors (Lipinski definition) is 1. The second kappa shape index (κ2) is 9.22. The average molecular weight is 428 g/mol. The number of nitrogens with one attached hydrogen (secondary N) is 1. The fourth-order valence-corrected chi connectivity index (χ4v) is 3.29. The number of rotatable bonds is 6. The summed E-state index contributed by atoms with van der Waals surface area (Å²) >= 11 is 0. The van der Waals surface area contributed by atoms with E-state index >= 15 is 0 Å². The van der Waals surface area contributed by atoms with Gasteiger partial charge in [-0.25, -0.2) is 8.78 Å². The summed E-state index contributed by atoms with van der Waals surface area (Å²) in [5, 5.41) is 6.51. The Kier molecular flexibility index (Phi) is 6.22. The Bertz CT molecular complexity index is 1080. The van der Waals surface area contributed by atoms with Crippen molar-refractivity contribution in [2.45, 2.75) is 19.8 Å². The Hall–Kier alpha value is -3.33. The first-order valence-electron chi connectivity index (χ1n) is 10.0. The van der Waals surface area contributed by atoms with E-state index in [9.17, 15) is 13.6 Å². The zero-order chi connectivity index (χ0) is 21.8. The van der Waals surface area contributed by atoms with E-state index in [4.69, 9.17) is 9.26 Å². The maximum Gasteiger partial charge on any atom is 0.227 e. The van der Waals surface area contributed by atoms with E-state index < -0.39 is 5.82 Å². The monoisotopic (exact) mass is 428 g/mol. The maximum atomic E-state index is 14.5. The highest BCUT2D eigenvalue weighted by atomic mass is 19.1. The fourth-order valence-electron chi connectivity index (χ4n) is 3.29. The Balaban J connectivity index is 1.33. The molecule has 162 valence electrons. The third-order valence-corrected chi connectivity index (χ3v) is 5.05. The van der Waals surface area contributed by atoms with Gasteiger partial charge in [-0.3, -0.25) is 4.79 Å². The lowest BCUT2D eigenvalue weighted by molar-refractivity contribution is -0.116. The molecule has 1 aromatic heterocycles. The van der Waals surface area contributed by atoms with E-state index in [2.05, 4.69) is 15.5 Å². The Labute approximate surface area is 178 Å². The molecule has 0 unspecified atom stereocenters. The van der Waals surface area contributed by atoms with Crippen LogP contribution in [0.2, 0.25) is 0 Å². The quantitative estimate of drug-likeness (QED) is 0.645. The molecule has 3 aromatic rings. The molecule has 4 rings (SSSR count). The van der Waals surface area contributed by atoms with Crippen LogP contribution in [0, 0.1) is 18.6 Å². The third-order valence-electron chi connectivity index (χ3n) is 5.05. The lowest BCUT2D eigenvalue weighted by Gasteiger charge is -2.29. The molecule has 0 saturated carbocycles. The SMILES string of the molecule is Cc1ccc(-c2noc(CCC(=O)Nc3ccc(N4CCOCC4)c(F)c3)n2)cc1F. The predicted octanol–water partition coefficient (Wildman–Crippen LogP) is 3.73. The standard InChI is InChI=1S/C22H22F2N4O3/c1-14-2-3-15(12-17(14)23)22-26-21(31-27-22)7-6-20(29)25-16-4-5-19(18(24)13-16)28-8-10-30-11-9-28/h2-5,12-13H,6-11H2,1H3,(H,25,29). The first kappa shape index (κ1) is 20.9. The number of carbonyl (C=O) groups is 1. The lowest BCUT2D eigenvalue weighted by Crippen LogP contribution is -2.36. The molecule has 0 bridgehead atoms. The normalized spacial score (nSPS) is 14.0. The van der Waals surface area contributed by atoms with Crippen LogP contribution in [-0.2, 0) is 16.0 Å². The number of halogens is 2. The molecule has 2 aromatic carbocycles. The van der Waals surface area contributed by atoms with Gasteiger partial charge in [-0.1, -0.05) is 17.3 Å². The van der Waals surface area contributed by atoms with Crippen LogP contribution in [-0.4, -0.2) is 42.4 Å². The van der Waals surface area contributed by atoms with Crippen molar-refractivity contribution >= 4 is 17.3 Å². The lowest BCUT2D eigenvalue weighted by atomic mass is 10.1. The van der Waals surface area contributed by atoms with Gasteiger partial charge in [-0.15, -0.1) is 0 Å². The molecule has 1 saturated heterocycles. The van der Waals surface area contributed by atoms with Crippen molar-refractivity contribution in [3.63, 3.8) is 0 Å². The van der Waals surface area contributed by atoms with E-state index in [1.54, 1.807) is 31.2 Å². The number of ether oxygens (including phenoxy) is 1. The van der Waals surface area contributed by atoms with Gasteiger partial charge in [0.15, 0.2) is 0 Å². The van der Waals surface area contributed by atoms with Crippen molar-refractivity contribution in [2.24, 2.45) is 0 Å². The van der Waals surface area contributed by atoms with Gasteiger partial charge < -0.3 is 19.5 Å². The summed E-state index contributed by atoms with van der Waals surface area (Å²) in [4.78, 5) is 18.4. The zero-order valence-electron chi connectivity index (χ0n) is 17.0. The van der Waals surface area contributed by atoms with E-state index in [1.165, 1.54) is 12.1 Å². The summed E-state index contributed by atoms with van der Waals surface area (Å²) in [6, 6.07) is 9.31. The summed E-state index contributed by atoms with van der Waals surface area (Å²) in [6.07, 6.45) is 0.290. The van der Waals surface area contributed by atoms with Crippen molar-refractivity contribution in [1.82, 2.24) is 10.1 Å². The first-order chi connectivity index (χ1) is 15.0. The Morgan fingerprint density at radius 2 is 1.94 bits per heavy atom. The zero-order valence-corrected chi connectivity index (χ0v) is 17.0.